The number of hydrogen-bond acceptors (Lipinski definition) is 9. The summed E-state index contributed by atoms with van der Waals surface area (Å²) in [5.41, 5.74) is 0. The summed E-state index contributed by atoms with van der Waals surface area (Å²) in [6.07, 6.45) is 3.03. The van der Waals surface area contributed by atoms with E-state index < -0.39 is 24.2 Å². The molecule has 4 amide bonds. The predicted molar refractivity (Wildman–Crippen MR) is 180 cm³/mol. The molecule has 0 bridgehead atoms. The first-order chi connectivity index (χ1) is 21.8. The fourth-order valence-electron chi connectivity index (χ4n) is 6.59. The lowest BCUT2D eigenvalue weighted by Crippen LogP contribution is -2.55. The Kier molecular flexibility index (Phi) is 16.6. The van der Waals surface area contributed by atoms with Crippen LogP contribution in [0.4, 0.5) is 0 Å². The van der Waals surface area contributed by atoms with Crippen LogP contribution in [-0.2, 0) is 35.2 Å². The van der Waals surface area contributed by atoms with Crippen LogP contribution in [0.3, 0.4) is 0 Å². The van der Waals surface area contributed by atoms with E-state index >= 15 is 0 Å². The molecule has 12 nitrogen and oxygen atoms in total. The number of likely N-dealkylation sites (tertiary alicyclic amines) is 1. The zero-order valence-electron chi connectivity index (χ0n) is 29.6. The average Bonchev–Trinajstić information content (AvgIpc) is 3.74. The normalized spacial score (nSPS) is 19.0. The maximum atomic E-state index is 13.9. The van der Waals surface area contributed by atoms with Gasteiger partial charge >= 0.3 is 0 Å². The number of methoxy groups -OCH3 is 2. The van der Waals surface area contributed by atoms with Crippen LogP contribution in [0.2, 0.25) is 0 Å². The molecule has 0 spiro atoms. The van der Waals surface area contributed by atoms with Crippen molar-refractivity contribution in [3.63, 3.8) is 0 Å². The third kappa shape index (κ3) is 10.4. The van der Waals surface area contributed by atoms with E-state index in [9.17, 15) is 19.2 Å². The summed E-state index contributed by atoms with van der Waals surface area (Å²) in [6, 6.07) is -0.992. The van der Waals surface area contributed by atoms with Gasteiger partial charge in [0.25, 0.3) is 0 Å². The average molecular weight is 667 g/mol. The molecular formula is C33H58N6O6S. The number of hydrogen-bond donors (Lipinski definition) is 2. The Morgan fingerprint density at radius 2 is 1.76 bits per heavy atom. The lowest BCUT2D eigenvalue weighted by atomic mass is 9.90. The summed E-state index contributed by atoms with van der Waals surface area (Å²) in [4.78, 5) is 63.0. The van der Waals surface area contributed by atoms with Crippen LogP contribution in [0.25, 0.3) is 0 Å². The van der Waals surface area contributed by atoms with E-state index in [4.69, 9.17) is 9.47 Å². The highest BCUT2D eigenvalue weighted by atomic mass is 32.1. The molecule has 7 atom stereocenters. The SMILES string of the molecule is CC[C@@H](C)C([C@H](CC(=O)N1CCC[C@@H]1[C@@H](OC)[C@H](C)C(=O)NCc1nccs1)OC)N(C)C(=O)CNC(=O)C(C(C)C)N(C)CC. The van der Waals surface area contributed by atoms with Crippen molar-refractivity contribution in [1.82, 2.24) is 30.3 Å². The van der Waals surface area contributed by atoms with Crippen molar-refractivity contribution in [2.45, 2.75) is 104 Å². The first-order valence-corrected chi connectivity index (χ1v) is 17.4. The first kappa shape index (κ1) is 39.6. The molecule has 1 aromatic heterocycles. The fraction of sp³-hybridized carbons (Fsp3) is 0.788. The van der Waals surface area contributed by atoms with E-state index in [0.29, 0.717) is 19.6 Å². The molecule has 2 rings (SSSR count). The van der Waals surface area contributed by atoms with Crippen molar-refractivity contribution in [2.75, 3.05) is 47.9 Å². The van der Waals surface area contributed by atoms with Crippen molar-refractivity contribution in [3.05, 3.63) is 16.6 Å². The highest BCUT2D eigenvalue weighted by molar-refractivity contribution is 7.09. The molecule has 1 aliphatic rings. The number of thiazole rings is 1. The van der Waals surface area contributed by atoms with Crippen LogP contribution >= 0.6 is 11.3 Å². The number of likely N-dealkylation sites (N-methyl/N-ethyl adjacent to an activating group) is 2. The molecule has 1 aromatic rings. The maximum Gasteiger partial charge on any atom is 0.242 e. The highest BCUT2D eigenvalue weighted by Crippen LogP contribution is 2.29. The number of aromatic nitrogens is 1. The van der Waals surface area contributed by atoms with E-state index in [1.807, 2.05) is 63.8 Å². The Balaban J connectivity index is 2.13. The summed E-state index contributed by atoms with van der Waals surface area (Å²) in [5.74, 6) is -1.05. The summed E-state index contributed by atoms with van der Waals surface area (Å²) in [6.45, 7) is 13.4. The number of rotatable bonds is 19. The van der Waals surface area contributed by atoms with Crippen LogP contribution in [0.15, 0.2) is 11.6 Å². The van der Waals surface area contributed by atoms with Gasteiger partial charge in [0.2, 0.25) is 23.6 Å². The Labute approximate surface area is 279 Å². The maximum absolute atomic E-state index is 13.9. The van der Waals surface area contributed by atoms with Crippen LogP contribution in [0.1, 0.15) is 72.2 Å². The largest absolute Gasteiger partial charge is 0.379 e. The molecule has 0 radical (unpaired) electrons. The van der Waals surface area contributed by atoms with Gasteiger partial charge in [0.1, 0.15) is 5.01 Å². The van der Waals surface area contributed by atoms with Gasteiger partial charge in [-0.25, -0.2) is 4.98 Å². The van der Waals surface area contributed by atoms with Crippen LogP contribution in [0.5, 0.6) is 0 Å². The van der Waals surface area contributed by atoms with Crippen molar-refractivity contribution in [2.24, 2.45) is 17.8 Å². The number of carbonyl (C=O) groups excluding carboxylic acids is 4. The van der Waals surface area contributed by atoms with Gasteiger partial charge in [0.15, 0.2) is 0 Å². The van der Waals surface area contributed by atoms with Gasteiger partial charge in [-0.3, -0.25) is 24.1 Å². The molecule has 2 unspecified atom stereocenters. The zero-order valence-corrected chi connectivity index (χ0v) is 30.4. The molecule has 0 aliphatic carbocycles. The minimum absolute atomic E-state index is 0.0275. The monoisotopic (exact) mass is 666 g/mol. The molecule has 0 saturated carbocycles. The molecule has 2 heterocycles. The second-order valence-corrected chi connectivity index (χ2v) is 13.7. The molecule has 46 heavy (non-hydrogen) atoms. The molecule has 0 aromatic carbocycles. The van der Waals surface area contributed by atoms with Crippen molar-refractivity contribution >= 4 is 35.0 Å². The first-order valence-electron chi connectivity index (χ1n) is 16.6. The Bertz CT molecular complexity index is 1100. The fourth-order valence-corrected chi connectivity index (χ4v) is 7.15. The van der Waals surface area contributed by atoms with E-state index in [1.54, 1.807) is 32.4 Å². The van der Waals surface area contributed by atoms with Gasteiger partial charge < -0.3 is 29.9 Å². The van der Waals surface area contributed by atoms with Gasteiger partial charge in [-0.1, -0.05) is 48.0 Å². The summed E-state index contributed by atoms with van der Waals surface area (Å²) in [7, 11) is 6.76. The third-order valence-corrected chi connectivity index (χ3v) is 10.3. The van der Waals surface area contributed by atoms with Crippen molar-refractivity contribution in [3.8, 4) is 0 Å². The van der Waals surface area contributed by atoms with E-state index in [1.165, 1.54) is 11.3 Å². The number of amides is 4. The lowest BCUT2D eigenvalue weighted by molar-refractivity contribution is -0.146. The summed E-state index contributed by atoms with van der Waals surface area (Å²) in [5, 5.41) is 8.47. The Morgan fingerprint density at radius 3 is 2.30 bits per heavy atom. The molecule has 2 N–H and O–H groups in total. The number of nitrogens with one attached hydrogen (secondary N) is 2. The number of ether oxygens (including phenoxy) is 2. The van der Waals surface area contributed by atoms with Crippen LogP contribution < -0.4 is 10.6 Å². The van der Waals surface area contributed by atoms with Crippen molar-refractivity contribution < 1.29 is 28.7 Å². The minimum Gasteiger partial charge on any atom is -0.379 e. The van der Waals surface area contributed by atoms with Gasteiger partial charge in [0, 0.05) is 39.4 Å². The standard InChI is InChI=1S/C33H58N6O6S/c1-11-22(5)30(38(8)28(41)20-36-33(43)29(21(3)4)37(7)12-2)25(44-9)18-27(40)39-16-13-14-24(39)31(45-10)23(6)32(42)35-19-26-34-15-17-46-26/h15,17,21-25,29-31H,11-14,16,18-20H2,1-10H3,(H,35,42)(H,36,43)/t22-,23+,24-,25+,29?,30?,31+/m1/s1. The lowest BCUT2D eigenvalue weighted by Gasteiger charge is -2.39. The molecule has 1 aliphatic heterocycles. The molecular weight excluding hydrogens is 608 g/mol. The van der Waals surface area contributed by atoms with E-state index in [-0.39, 0.29) is 60.5 Å². The van der Waals surface area contributed by atoms with Crippen LogP contribution in [-0.4, -0.2) is 122 Å². The molecule has 262 valence electrons. The quantitative estimate of drug-likeness (QED) is 0.230. The highest BCUT2D eigenvalue weighted by Gasteiger charge is 2.42. The second kappa shape index (κ2) is 19.3. The molecule has 1 fully saturated rings. The molecule has 1 saturated heterocycles. The number of nitrogens with zero attached hydrogens (tertiary/aromatic N) is 4. The van der Waals surface area contributed by atoms with E-state index in [0.717, 1.165) is 24.3 Å². The summed E-state index contributed by atoms with van der Waals surface area (Å²) < 4.78 is 11.8. The van der Waals surface area contributed by atoms with Crippen molar-refractivity contribution in [1.29, 1.82) is 0 Å². The Morgan fingerprint density at radius 1 is 1.07 bits per heavy atom. The second-order valence-electron chi connectivity index (χ2n) is 12.8. The third-order valence-electron chi connectivity index (χ3n) is 9.49. The van der Waals surface area contributed by atoms with Gasteiger partial charge in [-0.2, -0.15) is 0 Å². The summed E-state index contributed by atoms with van der Waals surface area (Å²) >= 11 is 1.48. The smallest absolute Gasteiger partial charge is 0.242 e. The number of carbonyl (C=O) groups is 4. The zero-order chi connectivity index (χ0) is 34.6. The van der Waals surface area contributed by atoms with Gasteiger partial charge in [0.05, 0.1) is 55.8 Å². The van der Waals surface area contributed by atoms with Crippen LogP contribution in [0, 0.1) is 17.8 Å². The minimum atomic E-state index is -0.567. The Hall–Kier alpha value is -2.61. The topological polar surface area (TPSA) is 133 Å². The van der Waals surface area contributed by atoms with E-state index in [2.05, 4.69) is 15.6 Å². The predicted octanol–water partition coefficient (Wildman–Crippen LogP) is 2.77. The molecule has 13 heteroatoms. The van der Waals surface area contributed by atoms with Gasteiger partial charge in [-0.05, 0) is 38.3 Å². The van der Waals surface area contributed by atoms with Gasteiger partial charge in [-0.15, -0.1) is 11.3 Å².